The van der Waals surface area contributed by atoms with E-state index < -0.39 is 6.09 Å². The van der Waals surface area contributed by atoms with E-state index in [4.69, 9.17) is 4.74 Å². The lowest BCUT2D eigenvalue weighted by atomic mass is 10.1. The van der Waals surface area contributed by atoms with Crippen LogP contribution in [0.15, 0.2) is 30.3 Å². The third kappa shape index (κ3) is 10.6. The van der Waals surface area contributed by atoms with E-state index in [-0.39, 0.29) is 5.97 Å². The monoisotopic (exact) mass is 335 g/mol. The van der Waals surface area contributed by atoms with Crippen molar-refractivity contribution < 1.29 is 19.1 Å². The second kappa shape index (κ2) is 13.4. The molecule has 1 aromatic carbocycles. The van der Waals surface area contributed by atoms with Crippen molar-refractivity contribution in [1.29, 1.82) is 0 Å². The lowest BCUT2D eigenvalue weighted by Gasteiger charge is -2.07. The van der Waals surface area contributed by atoms with Crippen LogP contribution in [0.2, 0.25) is 0 Å². The number of carbonyl (C=O) groups is 2. The van der Waals surface area contributed by atoms with Gasteiger partial charge in [-0.3, -0.25) is 10.1 Å². The zero-order valence-electron chi connectivity index (χ0n) is 14.6. The third-order valence-electron chi connectivity index (χ3n) is 3.76. The van der Waals surface area contributed by atoms with Crippen LogP contribution in [-0.4, -0.2) is 25.8 Å². The summed E-state index contributed by atoms with van der Waals surface area (Å²) in [7, 11) is 1.43. The van der Waals surface area contributed by atoms with Crippen LogP contribution in [-0.2, 0) is 14.3 Å². The summed E-state index contributed by atoms with van der Waals surface area (Å²) in [5.74, 6) is -0.119. The molecule has 1 N–H and O–H groups in total. The normalized spacial score (nSPS) is 10.2. The van der Waals surface area contributed by atoms with Gasteiger partial charge >= 0.3 is 12.1 Å². The van der Waals surface area contributed by atoms with Gasteiger partial charge in [-0.15, -0.1) is 0 Å². The molecule has 0 heterocycles. The molecule has 0 aliphatic carbocycles. The molecule has 0 bridgehead atoms. The summed E-state index contributed by atoms with van der Waals surface area (Å²) in [5.41, 5.74) is 0.745. The van der Waals surface area contributed by atoms with Gasteiger partial charge in [0.2, 0.25) is 0 Å². The molecule has 0 atom stereocenters. The number of para-hydroxylation sites is 1. The summed E-state index contributed by atoms with van der Waals surface area (Å²) in [4.78, 5) is 22.5. The van der Waals surface area contributed by atoms with Crippen LogP contribution in [0.1, 0.15) is 57.8 Å². The van der Waals surface area contributed by atoms with E-state index >= 15 is 0 Å². The molecular weight excluding hydrogens is 306 g/mol. The molecule has 1 amide bonds. The minimum absolute atomic E-state index is 0.119. The van der Waals surface area contributed by atoms with Crippen LogP contribution < -0.4 is 5.32 Å². The molecule has 24 heavy (non-hydrogen) atoms. The predicted octanol–water partition coefficient (Wildman–Crippen LogP) is 4.92. The maximum atomic E-state index is 11.6. The molecule has 0 spiro atoms. The van der Waals surface area contributed by atoms with Crippen LogP contribution in [0.5, 0.6) is 0 Å². The summed E-state index contributed by atoms with van der Waals surface area (Å²) < 4.78 is 9.75. The number of hydrogen-bond acceptors (Lipinski definition) is 4. The minimum Gasteiger partial charge on any atom is -0.469 e. The number of esters is 1. The van der Waals surface area contributed by atoms with Crippen LogP contribution in [0.3, 0.4) is 0 Å². The lowest BCUT2D eigenvalue weighted by Crippen LogP contribution is -2.14. The topological polar surface area (TPSA) is 64.6 Å². The summed E-state index contributed by atoms with van der Waals surface area (Å²) >= 11 is 0. The van der Waals surface area contributed by atoms with Gasteiger partial charge in [0.15, 0.2) is 0 Å². The average Bonchev–Trinajstić information content (AvgIpc) is 2.60. The molecule has 0 aliphatic rings. The first-order valence-corrected chi connectivity index (χ1v) is 8.78. The van der Waals surface area contributed by atoms with Crippen molar-refractivity contribution in [3.8, 4) is 0 Å². The second-order valence-electron chi connectivity index (χ2n) is 5.78. The highest BCUT2D eigenvalue weighted by atomic mass is 16.5. The fraction of sp³-hybridized carbons (Fsp3) is 0.579. The Kier molecular flexibility index (Phi) is 11.2. The summed E-state index contributed by atoms with van der Waals surface area (Å²) in [5, 5.41) is 2.69. The number of anilines is 1. The fourth-order valence-corrected chi connectivity index (χ4v) is 2.37. The number of methoxy groups -OCH3 is 1. The first-order valence-electron chi connectivity index (χ1n) is 8.78. The van der Waals surface area contributed by atoms with Crippen molar-refractivity contribution in [2.24, 2.45) is 0 Å². The summed E-state index contributed by atoms with van der Waals surface area (Å²) in [6, 6.07) is 9.28. The molecule has 0 aromatic heterocycles. The van der Waals surface area contributed by atoms with E-state index in [1.807, 2.05) is 30.3 Å². The van der Waals surface area contributed by atoms with Crippen LogP contribution in [0.4, 0.5) is 10.5 Å². The first-order chi connectivity index (χ1) is 11.7. The Morgan fingerprint density at radius 1 is 0.875 bits per heavy atom. The third-order valence-corrected chi connectivity index (χ3v) is 3.76. The molecule has 0 radical (unpaired) electrons. The van der Waals surface area contributed by atoms with Crippen molar-refractivity contribution in [3.05, 3.63) is 30.3 Å². The zero-order chi connectivity index (χ0) is 17.5. The summed E-state index contributed by atoms with van der Waals surface area (Å²) in [6.07, 6.45) is 8.78. The van der Waals surface area contributed by atoms with Crippen molar-refractivity contribution >= 4 is 17.7 Å². The molecule has 134 valence electrons. The smallest absolute Gasteiger partial charge is 0.411 e. The number of carbonyl (C=O) groups excluding carboxylic acids is 2. The van der Waals surface area contributed by atoms with Gasteiger partial charge in [0.25, 0.3) is 0 Å². The highest BCUT2D eigenvalue weighted by Crippen LogP contribution is 2.10. The number of nitrogens with one attached hydrogen (secondary N) is 1. The number of amides is 1. The highest BCUT2D eigenvalue weighted by molar-refractivity contribution is 5.84. The number of hydrogen-bond donors (Lipinski definition) is 1. The SMILES string of the molecule is COC(=O)CCCCCCCCCCOC(=O)Nc1ccccc1. The number of benzene rings is 1. The second-order valence-corrected chi connectivity index (χ2v) is 5.78. The molecule has 0 saturated carbocycles. The maximum Gasteiger partial charge on any atom is 0.411 e. The van der Waals surface area contributed by atoms with Gasteiger partial charge in [-0.25, -0.2) is 4.79 Å². The van der Waals surface area contributed by atoms with Gasteiger partial charge in [-0.05, 0) is 25.0 Å². The van der Waals surface area contributed by atoms with Crippen LogP contribution in [0, 0.1) is 0 Å². The average molecular weight is 335 g/mol. The quantitative estimate of drug-likeness (QED) is 0.435. The van der Waals surface area contributed by atoms with Gasteiger partial charge < -0.3 is 9.47 Å². The van der Waals surface area contributed by atoms with E-state index in [0.717, 1.165) is 44.2 Å². The van der Waals surface area contributed by atoms with Gasteiger partial charge in [-0.1, -0.05) is 56.7 Å². The van der Waals surface area contributed by atoms with Gasteiger partial charge in [0.05, 0.1) is 13.7 Å². The van der Waals surface area contributed by atoms with E-state index in [1.165, 1.54) is 20.0 Å². The number of ether oxygens (including phenoxy) is 2. The van der Waals surface area contributed by atoms with Crippen LogP contribution in [0.25, 0.3) is 0 Å². The molecule has 5 nitrogen and oxygen atoms in total. The molecule has 0 unspecified atom stereocenters. The number of rotatable bonds is 12. The summed E-state index contributed by atoms with van der Waals surface area (Å²) in [6.45, 7) is 0.456. The van der Waals surface area contributed by atoms with E-state index in [9.17, 15) is 9.59 Å². The van der Waals surface area contributed by atoms with E-state index in [0.29, 0.717) is 13.0 Å². The lowest BCUT2D eigenvalue weighted by molar-refractivity contribution is -0.140. The molecule has 1 aromatic rings. The standard InChI is InChI=1S/C19H29NO4/c1-23-18(21)15-11-6-4-2-3-5-7-12-16-24-19(22)20-17-13-9-8-10-14-17/h8-10,13-14H,2-7,11-12,15-16H2,1H3,(H,20,22). The predicted molar refractivity (Wildman–Crippen MR) is 95.0 cm³/mol. The minimum atomic E-state index is -0.396. The van der Waals surface area contributed by atoms with Gasteiger partial charge in [-0.2, -0.15) is 0 Å². The van der Waals surface area contributed by atoms with Crippen LogP contribution >= 0.6 is 0 Å². The Morgan fingerprint density at radius 2 is 1.46 bits per heavy atom. The zero-order valence-corrected chi connectivity index (χ0v) is 14.6. The number of unbranched alkanes of at least 4 members (excludes halogenated alkanes) is 7. The first kappa shape index (κ1) is 20.0. The maximum absolute atomic E-state index is 11.6. The molecular formula is C19H29NO4. The Morgan fingerprint density at radius 3 is 2.08 bits per heavy atom. The molecule has 1 rings (SSSR count). The molecule has 5 heteroatoms. The fourth-order valence-electron chi connectivity index (χ4n) is 2.37. The molecule has 0 aliphatic heterocycles. The van der Waals surface area contributed by atoms with Crippen molar-refractivity contribution in [3.63, 3.8) is 0 Å². The Hall–Kier alpha value is -2.04. The Labute approximate surface area is 144 Å². The van der Waals surface area contributed by atoms with E-state index in [1.54, 1.807) is 0 Å². The van der Waals surface area contributed by atoms with Crippen molar-refractivity contribution in [1.82, 2.24) is 0 Å². The van der Waals surface area contributed by atoms with E-state index in [2.05, 4.69) is 10.1 Å². The molecule has 0 fully saturated rings. The van der Waals surface area contributed by atoms with Crippen molar-refractivity contribution in [2.75, 3.05) is 19.0 Å². The Balaban J connectivity index is 1.85. The highest BCUT2D eigenvalue weighted by Gasteiger charge is 2.02. The van der Waals surface area contributed by atoms with Gasteiger partial charge in [0.1, 0.15) is 0 Å². The van der Waals surface area contributed by atoms with Crippen molar-refractivity contribution in [2.45, 2.75) is 57.8 Å². The molecule has 0 saturated heterocycles. The Bertz CT molecular complexity index is 462. The largest absolute Gasteiger partial charge is 0.469 e. The van der Waals surface area contributed by atoms with Gasteiger partial charge in [0, 0.05) is 12.1 Å².